The zero-order chi connectivity index (χ0) is 16.4. The second kappa shape index (κ2) is 6.49. The zero-order valence-electron chi connectivity index (χ0n) is 14.2. The predicted octanol–water partition coefficient (Wildman–Crippen LogP) is 3.81. The molecule has 3 heteroatoms. The molecule has 0 saturated carbocycles. The van der Waals surface area contributed by atoms with Gasteiger partial charge in [-0.05, 0) is 61.6 Å². The van der Waals surface area contributed by atoms with E-state index in [1.807, 2.05) is 23.6 Å². The number of nitrogens with two attached hydrogens (primary N) is 1. The lowest BCUT2D eigenvalue weighted by atomic mass is 10.0. The maximum absolute atomic E-state index is 12.8. The molecule has 0 amide bonds. The summed E-state index contributed by atoms with van der Waals surface area (Å²) in [4.78, 5) is 12.8. The van der Waals surface area contributed by atoms with Gasteiger partial charge in [0.25, 0.3) is 5.56 Å². The molecule has 1 aromatic carbocycles. The Kier molecular flexibility index (Phi) is 4.87. The van der Waals surface area contributed by atoms with Crippen LogP contribution in [-0.2, 0) is 6.54 Å². The molecular formula is C19H26N2O. The highest BCUT2D eigenvalue weighted by Crippen LogP contribution is 2.23. The first-order valence-electron chi connectivity index (χ1n) is 7.88. The molecular weight excluding hydrogens is 272 g/mol. The smallest absolute Gasteiger partial charge is 0.255 e. The number of aromatic nitrogens is 1. The molecule has 0 saturated heterocycles. The summed E-state index contributed by atoms with van der Waals surface area (Å²) in [5.74, 6) is 0.395. The van der Waals surface area contributed by atoms with Gasteiger partial charge in [-0.1, -0.05) is 26.0 Å². The van der Waals surface area contributed by atoms with Crippen LogP contribution >= 0.6 is 0 Å². The maximum Gasteiger partial charge on any atom is 0.255 e. The minimum absolute atomic E-state index is 0.0272. The van der Waals surface area contributed by atoms with Gasteiger partial charge in [0.15, 0.2) is 0 Å². The highest BCUT2D eigenvalue weighted by molar-refractivity contribution is 5.62. The van der Waals surface area contributed by atoms with E-state index in [1.165, 1.54) is 11.1 Å². The SMILES string of the molecule is Cc1ccc(-c2ccc(C(C)N)c(=O)n2CC(C)C)cc1C. The molecule has 3 nitrogen and oxygen atoms in total. The lowest BCUT2D eigenvalue weighted by Crippen LogP contribution is -2.29. The highest BCUT2D eigenvalue weighted by Gasteiger charge is 2.14. The molecule has 0 aliphatic carbocycles. The van der Waals surface area contributed by atoms with Gasteiger partial charge >= 0.3 is 0 Å². The van der Waals surface area contributed by atoms with Crippen LogP contribution < -0.4 is 11.3 Å². The normalized spacial score (nSPS) is 12.7. The summed E-state index contributed by atoms with van der Waals surface area (Å²) in [5, 5.41) is 0. The number of hydrogen-bond acceptors (Lipinski definition) is 2. The van der Waals surface area contributed by atoms with Crippen molar-refractivity contribution < 1.29 is 0 Å². The molecule has 118 valence electrons. The van der Waals surface area contributed by atoms with Crippen molar-refractivity contribution in [2.24, 2.45) is 11.7 Å². The molecule has 0 aliphatic rings. The summed E-state index contributed by atoms with van der Waals surface area (Å²) < 4.78 is 1.87. The largest absolute Gasteiger partial charge is 0.324 e. The highest BCUT2D eigenvalue weighted by atomic mass is 16.1. The van der Waals surface area contributed by atoms with E-state index >= 15 is 0 Å². The second-order valence-corrected chi connectivity index (χ2v) is 6.57. The zero-order valence-corrected chi connectivity index (χ0v) is 14.2. The lowest BCUT2D eigenvalue weighted by molar-refractivity contribution is 0.510. The first-order valence-corrected chi connectivity index (χ1v) is 7.88. The molecule has 1 heterocycles. The van der Waals surface area contributed by atoms with Crippen LogP contribution in [0.2, 0.25) is 0 Å². The Balaban J connectivity index is 2.66. The molecule has 1 atom stereocenters. The van der Waals surface area contributed by atoms with Gasteiger partial charge in [-0.2, -0.15) is 0 Å². The van der Waals surface area contributed by atoms with Crippen LogP contribution in [0, 0.1) is 19.8 Å². The summed E-state index contributed by atoms with van der Waals surface area (Å²) in [6, 6.07) is 9.97. The molecule has 0 spiro atoms. The molecule has 0 aliphatic heterocycles. The Labute approximate surface area is 132 Å². The fraction of sp³-hybridized carbons (Fsp3) is 0.421. The third-order valence-corrected chi connectivity index (χ3v) is 4.04. The number of nitrogens with zero attached hydrogens (tertiary/aromatic N) is 1. The van der Waals surface area contributed by atoms with E-state index in [-0.39, 0.29) is 11.6 Å². The van der Waals surface area contributed by atoms with Gasteiger partial charge in [-0.15, -0.1) is 0 Å². The summed E-state index contributed by atoms with van der Waals surface area (Å²) in [6.45, 7) is 11.0. The van der Waals surface area contributed by atoms with Crippen molar-refractivity contribution >= 4 is 0 Å². The second-order valence-electron chi connectivity index (χ2n) is 6.57. The van der Waals surface area contributed by atoms with Gasteiger partial charge in [0.05, 0.1) is 5.69 Å². The van der Waals surface area contributed by atoms with Crippen molar-refractivity contribution in [3.63, 3.8) is 0 Å². The van der Waals surface area contributed by atoms with Crippen molar-refractivity contribution in [1.82, 2.24) is 4.57 Å². The third-order valence-electron chi connectivity index (χ3n) is 4.04. The number of rotatable bonds is 4. The average molecular weight is 298 g/mol. The molecule has 1 aromatic heterocycles. The topological polar surface area (TPSA) is 48.0 Å². The number of benzene rings is 1. The first kappa shape index (κ1) is 16.5. The quantitative estimate of drug-likeness (QED) is 0.933. The van der Waals surface area contributed by atoms with Crippen LogP contribution in [0.1, 0.15) is 43.5 Å². The fourth-order valence-electron chi connectivity index (χ4n) is 2.64. The van der Waals surface area contributed by atoms with Crippen LogP contribution in [0.25, 0.3) is 11.3 Å². The van der Waals surface area contributed by atoms with E-state index in [2.05, 4.69) is 45.9 Å². The van der Waals surface area contributed by atoms with E-state index < -0.39 is 0 Å². The average Bonchev–Trinajstić information content (AvgIpc) is 2.43. The Bertz CT molecular complexity index is 727. The monoisotopic (exact) mass is 298 g/mol. The van der Waals surface area contributed by atoms with Crippen molar-refractivity contribution in [3.8, 4) is 11.3 Å². The Morgan fingerprint density at radius 3 is 2.27 bits per heavy atom. The Morgan fingerprint density at radius 1 is 1.05 bits per heavy atom. The molecule has 2 rings (SSSR count). The van der Waals surface area contributed by atoms with Crippen molar-refractivity contribution in [2.45, 2.75) is 47.2 Å². The number of aryl methyl sites for hydroxylation is 2. The summed E-state index contributed by atoms with van der Waals surface area (Å²) in [6.07, 6.45) is 0. The minimum atomic E-state index is -0.250. The number of pyridine rings is 1. The van der Waals surface area contributed by atoms with Crippen LogP contribution in [-0.4, -0.2) is 4.57 Å². The molecule has 2 aromatic rings. The van der Waals surface area contributed by atoms with Gasteiger partial charge in [-0.3, -0.25) is 4.79 Å². The Hall–Kier alpha value is -1.87. The van der Waals surface area contributed by atoms with E-state index in [0.29, 0.717) is 18.0 Å². The lowest BCUT2D eigenvalue weighted by Gasteiger charge is -2.18. The minimum Gasteiger partial charge on any atom is -0.324 e. The van der Waals surface area contributed by atoms with Crippen LogP contribution in [0.5, 0.6) is 0 Å². The molecule has 0 radical (unpaired) electrons. The molecule has 0 bridgehead atoms. The Morgan fingerprint density at radius 2 is 1.73 bits per heavy atom. The van der Waals surface area contributed by atoms with Crippen LogP contribution in [0.3, 0.4) is 0 Å². The van der Waals surface area contributed by atoms with E-state index in [9.17, 15) is 4.79 Å². The first-order chi connectivity index (χ1) is 10.3. The predicted molar refractivity (Wildman–Crippen MR) is 93.1 cm³/mol. The van der Waals surface area contributed by atoms with E-state index in [0.717, 1.165) is 11.3 Å². The molecule has 1 unspecified atom stereocenters. The van der Waals surface area contributed by atoms with Gasteiger partial charge in [-0.25, -0.2) is 0 Å². The third kappa shape index (κ3) is 3.30. The van der Waals surface area contributed by atoms with E-state index in [1.54, 1.807) is 0 Å². The van der Waals surface area contributed by atoms with Gasteiger partial charge < -0.3 is 10.3 Å². The number of hydrogen-bond donors (Lipinski definition) is 1. The summed E-state index contributed by atoms with van der Waals surface area (Å²) in [5.41, 5.74) is 11.2. The van der Waals surface area contributed by atoms with E-state index in [4.69, 9.17) is 5.73 Å². The molecule has 2 N–H and O–H groups in total. The summed E-state index contributed by atoms with van der Waals surface area (Å²) >= 11 is 0. The van der Waals surface area contributed by atoms with Crippen molar-refractivity contribution in [3.05, 3.63) is 57.4 Å². The fourth-order valence-corrected chi connectivity index (χ4v) is 2.64. The van der Waals surface area contributed by atoms with Crippen LogP contribution in [0.4, 0.5) is 0 Å². The molecule has 22 heavy (non-hydrogen) atoms. The van der Waals surface area contributed by atoms with Crippen LogP contribution in [0.15, 0.2) is 35.1 Å². The molecule has 0 fully saturated rings. The maximum atomic E-state index is 12.8. The van der Waals surface area contributed by atoms with Gasteiger partial charge in [0, 0.05) is 18.2 Å². The van der Waals surface area contributed by atoms with Crippen molar-refractivity contribution in [2.75, 3.05) is 0 Å². The van der Waals surface area contributed by atoms with Gasteiger partial charge in [0.2, 0.25) is 0 Å². The van der Waals surface area contributed by atoms with Gasteiger partial charge in [0.1, 0.15) is 0 Å². The van der Waals surface area contributed by atoms with Crippen molar-refractivity contribution in [1.29, 1.82) is 0 Å². The standard InChI is InChI=1S/C19H26N2O/c1-12(2)11-21-18(9-8-17(15(5)20)19(21)22)16-7-6-13(3)14(4)10-16/h6-10,12,15H,11,20H2,1-5H3. The summed E-state index contributed by atoms with van der Waals surface area (Å²) in [7, 11) is 0.